The van der Waals surface area contributed by atoms with Crippen molar-refractivity contribution < 1.29 is 23.4 Å². The van der Waals surface area contributed by atoms with Crippen molar-refractivity contribution in [2.24, 2.45) is 5.92 Å². The van der Waals surface area contributed by atoms with E-state index in [9.17, 15) is 18.3 Å². The molecule has 6 heteroatoms. The molecule has 0 radical (unpaired) electrons. The van der Waals surface area contributed by atoms with Crippen LogP contribution in [0.5, 0.6) is 0 Å². The molecular formula is C11H14F3NO2. The van der Waals surface area contributed by atoms with Crippen LogP contribution in [0.1, 0.15) is 24.6 Å². The summed E-state index contributed by atoms with van der Waals surface area (Å²) in [7, 11) is 0. The van der Waals surface area contributed by atoms with E-state index in [-0.39, 0.29) is 5.69 Å². The molecule has 17 heavy (non-hydrogen) atoms. The van der Waals surface area contributed by atoms with Crippen molar-refractivity contribution in [3.05, 3.63) is 30.1 Å². The van der Waals surface area contributed by atoms with Gasteiger partial charge in [0, 0.05) is 12.8 Å². The van der Waals surface area contributed by atoms with Gasteiger partial charge < -0.3 is 10.2 Å². The zero-order valence-corrected chi connectivity index (χ0v) is 9.06. The molecule has 2 N–H and O–H groups in total. The Labute approximate surface area is 96.9 Å². The van der Waals surface area contributed by atoms with Gasteiger partial charge in [0.1, 0.15) is 0 Å². The highest BCUT2D eigenvalue weighted by Crippen LogP contribution is 2.35. The van der Waals surface area contributed by atoms with Gasteiger partial charge in [0.05, 0.1) is 17.7 Å². The summed E-state index contributed by atoms with van der Waals surface area (Å²) in [6.07, 6.45) is -5.17. The molecule has 0 aliphatic rings. The summed E-state index contributed by atoms with van der Waals surface area (Å²) < 4.78 is 37.6. The molecule has 0 saturated carbocycles. The van der Waals surface area contributed by atoms with Crippen molar-refractivity contribution in [3.63, 3.8) is 0 Å². The predicted molar refractivity (Wildman–Crippen MR) is 55.1 cm³/mol. The minimum absolute atomic E-state index is 0.208. The number of rotatable bonds is 5. The predicted octanol–water partition coefficient (Wildman–Crippen LogP) is 2.07. The van der Waals surface area contributed by atoms with Crippen LogP contribution >= 0.6 is 0 Å². The Hall–Kier alpha value is -1.14. The fourth-order valence-corrected chi connectivity index (χ4v) is 1.53. The number of aliphatic hydroxyl groups excluding tert-OH is 2. The number of alkyl halides is 3. The minimum Gasteiger partial charge on any atom is -0.396 e. The monoisotopic (exact) mass is 249 g/mol. The van der Waals surface area contributed by atoms with Crippen molar-refractivity contribution in [2.45, 2.75) is 25.1 Å². The zero-order valence-electron chi connectivity index (χ0n) is 9.06. The van der Waals surface area contributed by atoms with Crippen LogP contribution in [0, 0.1) is 5.92 Å². The number of aliphatic hydroxyl groups is 2. The van der Waals surface area contributed by atoms with Gasteiger partial charge in [-0.05, 0) is 25.0 Å². The summed E-state index contributed by atoms with van der Waals surface area (Å²) in [6, 6.07) is 4.68. The fourth-order valence-electron chi connectivity index (χ4n) is 1.53. The largest absolute Gasteiger partial charge is 0.396 e. The van der Waals surface area contributed by atoms with Gasteiger partial charge in [0.15, 0.2) is 0 Å². The normalized spacial score (nSPS) is 15.6. The fraction of sp³-hybridized carbons (Fsp3) is 0.545. The highest BCUT2D eigenvalue weighted by Gasteiger charge is 2.40. The van der Waals surface area contributed by atoms with Gasteiger partial charge >= 0.3 is 6.18 Å². The Morgan fingerprint density at radius 3 is 2.47 bits per heavy atom. The highest BCUT2D eigenvalue weighted by molar-refractivity contribution is 5.06. The molecule has 96 valence electrons. The van der Waals surface area contributed by atoms with E-state index in [4.69, 9.17) is 5.11 Å². The molecule has 0 amide bonds. The van der Waals surface area contributed by atoms with Crippen LogP contribution in [0.15, 0.2) is 24.4 Å². The SMILES string of the molecule is OCC[C@H](CC(O)c1ccccn1)C(F)(F)F. The molecule has 3 nitrogen and oxygen atoms in total. The quantitative estimate of drug-likeness (QED) is 0.839. The standard InChI is InChI=1S/C11H14F3NO2/c12-11(13,14)8(4-6-16)7-10(17)9-3-1-2-5-15-9/h1-3,5,8,10,16-17H,4,6-7H2/t8-,10?/m1/s1. The number of pyridine rings is 1. The zero-order chi connectivity index (χ0) is 12.9. The van der Waals surface area contributed by atoms with Crippen molar-refractivity contribution in [3.8, 4) is 0 Å². The van der Waals surface area contributed by atoms with Crippen molar-refractivity contribution in [1.29, 1.82) is 0 Å². The Balaban J connectivity index is 2.68. The molecule has 0 aliphatic heterocycles. The number of nitrogens with zero attached hydrogens (tertiary/aromatic N) is 1. The molecule has 1 aromatic heterocycles. The first-order chi connectivity index (χ1) is 7.95. The lowest BCUT2D eigenvalue weighted by Gasteiger charge is -2.21. The molecule has 1 unspecified atom stereocenters. The third-order valence-electron chi connectivity index (χ3n) is 2.48. The van der Waals surface area contributed by atoms with Gasteiger partial charge in [-0.2, -0.15) is 13.2 Å². The second-order valence-corrected chi connectivity index (χ2v) is 3.76. The first kappa shape index (κ1) is 13.9. The molecule has 0 fully saturated rings. The minimum atomic E-state index is -4.42. The van der Waals surface area contributed by atoms with Crippen LogP contribution in [0.2, 0.25) is 0 Å². The van der Waals surface area contributed by atoms with Gasteiger partial charge in [0.25, 0.3) is 0 Å². The summed E-state index contributed by atoms with van der Waals surface area (Å²) in [6.45, 7) is -0.556. The molecule has 1 aromatic rings. The molecule has 2 atom stereocenters. The van der Waals surface area contributed by atoms with Crippen LogP contribution in [0.4, 0.5) is 13.2 Å². The van der Waals surface area contributed by atoms with Gasteiger partial charge in [-0.25, -0.2) is 0 Å². The topological polar surface area (TPSA) is 53.4 Å². The van der Waals surface area contributed by atoms with E-state index < -0.39 is 37.6 Å². The summed E-state index contributed by atoms with van der Waals surface area (Å²) in [5.74, 6) is -1.72. The van der Waals surface area contributed by atoms with E-state index >= 15 is 0 Å². The third-order valence-corrected chi connectivity index (χ3v) is 2.48. The van der Waals surface area contributed by atoms with Crippen LogP contribution in [-0.2, 0) is 0 Å². The van der Waals surface area contributed by atoms with Crippen LogP contribution < -0.4 is 0 Å². The van der Waals surface area contributed by atoms with Crippen LogP contribution in [0.25, 0.3) is 0 Å². The van der Waals surface area contributed by atoms with E-state index in [0.717, 1.165) is 0 Å². The third kappa shape index (κ3) is 4.32. The summed E-state index contributed by atoms with van der Waals surface area (Å²) in [5, 5.41) is 18.2. The van der Waals surface area contributed by atoms with Crippen molar-refractivity contribution >= 4 is 0 Å². The van der Waals surface area contributed by atoms with Crippen LogP contribution in [0.3, 0.4) is 0 Å². The molecule has 0 bridgehead atoms. The maximum atomic E-state index is 12.5. The lowest BCUT2D eigenvalue weighted by molar-refractivity contribution is -0.186. The molecule has 1 heterocycles. The number of hydrogen-bond donors (Lipinski definition) is 2. The van der Waals surface area contributed by atoms with Crippen molar-refractivity contribution in [2.75, 3.05) is 6.61 Å². The van der Waals surface area contributed by atoms with Gasteiger partial charge in [-0.3, -0.25) is 4.98 Å². The number of hydrogen-bond acceptors (Lipinski definition) is 3. The average Bonchev–Trinajstić information content (AvgIpc) is 2.28. The Bertz CT molecular complexity index is 329. The summed E-state index contributed by atoms with van der Waals surface area (Å²) in [5.41, 5.74) is 0.208. The van der Waals surface area contributed by atoms with Gasteiger partial charge in [0.2, 0.25) is 0 Å². The average molecular weight is 249 g/mol. The lowest BCUT2D eigenvalue weighted by Crippen LogP contribution is -2.26. The lowest BCUT2D eigenvalue weighted by atomic mass is 9.96. The number of halogens is 3. The molecular weight excluding hydrogens is 235 g/mol. The van der Waals surface area contributed by atoms with Crippen molar-refractivity contribution in [1.82, 2.24) is 4.98 Å². The molecule has 0 aliphatic carbocycles. The first-order valence-corrected chi connectivity index (χ1v) is 5.21. The second kappa shape index (κ2) is 5.97. The smallest absolute Gasteiger partial charge is 0.392 e. The van der Waals surface area contributed by atoms with E-state index in [2.05, 4.69) is 4.98 Å². The Morgan fingerprint density at radius 2 is 2.00 bits per heavy atom. The summed E-state index contributed by atoms with van der Waals surface area (Å²) >= 11 is 0. The Kier molecular flexibility index (Phi) is 4.89. The van der Waals surface area contributed by atoms with E-state index in [1.54, 1.807) is 12.1 Å². The van der Waals surface area contributed by atoms with E-state index in [1.165, 1.54) is 12.3 Å². The van der Waals surface area contributed by atoms with Crippen LogP contribution in [-0.4, -0.2) is 28.0 Å². The highest BCUT2D eigenvalue weighted by atomic mass is 19.4. The van der Waals surface area contributed by atoms with Gasteiger partial charge in [-0.1, -0.05) is 6.07 Å². The molecule has 0 saturated heterocycles. The summed E-state index contributed by atoms with van der Waals surface area (Å²) in [4.78, 5) is 3.79. The molecule has 1 rings (SSSR count). The number of aromatic nitrogens is 1. The first-order valence-electron chi connectivity index (χ1n) is 5.21. The molecule has 0 spiro atoms. The molecule has 0 aromatic carbocycles. The van der Waals surface area contributed by atoms with E-state index in [0.29, 0.717) is 0 Å². The maximum absolute atomic E-state index is 12.5. The van der Waals surface area contributed by atoms with E-state index in [1.807, 2.05) is 0 Å². The van der Waals surface area contributed by atoms with Gasteiger partial charge in [-0.15, -0.1) is 0 Å². The maximum Gasteiger partial charge on any atom is 0.392 e. The second-order valence-electron chi connectivity index (χ2n) is 3.76. The Morgan fingerprint density at radius 1 is 1.29 bits per heavy atom.